The minimum absolute atomic E-state index is 0.0145. The van der Waals surface area contributed by atoms with Crippen LogP contribution < -0.4 is 10.1 Å². The summed E-state index contributed by atoms with van der Waals surface area (Å²) in [4.78, 5) is 55.3. The van der Waals surface area contributed by atoms with E-state index in [4.69, 9.17) is 27.2 Å². The molecule has 3 N–H and O–H groups in total. The van der Waals surface area contributed by atoms with Gasteiger partial charge < -0.3 is 25.2 Å². The van der Waals surface area contributed by atoms with Gasteiger partial charge >= 0.3 is 5.97 Å². The number of piperazine rings is 1. The summed E-state index contributed by atoms with van der Waals surface area (Å²) in [5.41, 5.74) is 1.76. The fourth-order valence-electron chi connectivity index (χ4n) is 5.21. The molecule has 0 radical (unpaired) electrons. The number of hydrogen-bond acceptors (Lipinski definition) is 9. The summed E-state index contributed by atoms with van der Waals surface area (Å²) in [6.45, 7) is 2.52. The van der Waals surface area contributed by atoms with Crippen molar-refractivity contribution in [1.82, 2.24) is 14.7 Å². The second-order valence-corrected chi connectivity index (χ2v) is 12.8. The van der Waals surface area contributed by atoms with E-state index in [0.29, 0.717) is 55.1 Å². The number of β-amino-alcohol motifs (C(OH)–C–C–N with tert-alkyl or cyclic N) is 1. The number of hydrogen-bond donors (Lipinski definition) is 3. The molecule has 0 atom stereocenters. The quantitative estimate of drug-likeness (QED) is 0.186. The van der Waals surface area contributed by atoms with Gasteiger partial charge in [0.25, 0.3) is 11.8 Å². The van der Waals surface area contributed by atoms with Crippen LogP contribution in [-0.2, 0) is 14.4 Å². The van der Waals surface area contributed by atoms with Crippen molar-refractivity contribution >= 4 is 63.8 Å². The molecule has 3 aromatic rings. The lowest BCUT2D eigenvalue weighted by molar-refractivity contribution is -0.135. The van der Waals surface area contributed by atoms with Crippen LogP contribution in [0, 0.1) is 11.6 Å². The molecular weight excluding hydrogens is 679 g/mol. The van der Waals surface area contributed by atoms with Gasteiger partial charge in [0, 0.05) is 56.9 Å². The lowest BCUT2D eigenvalue weighted by Gasteiger charge is -2.34. The fourth-order valence-corrected chi connectivity index (χ4v) is 6.51. The van der Waals surface area contributed by atoms with Gasteiger partial charge in [0.05, 0.1) is 17.1 Å². The molecule has 0 spiro atoms. The largest absolute Gasteiger partial charge is 0.483 e. The lowest BCUT2D eigenvalue weighted by Crippen LogP contribution is -2.50. The van der Waals surface area contributed by atoms with Crippen molar-refractivity contribution in [2.24, 2.45) is 0 Å². The highest BCUT2D eigenvalue weighted by atomic mass is 32.2. The number of carboxylic acids is 1. The third-order valence-electron chi connectivity index (χ3n) is 7.89. The maximum Gasteiger partial charge on any atom is 0.335 e. The van der Waals surface area contributed by atoms with E-state index in [-0.39, 0.29) is 52.6 Å². The summed E-state index contributed by atoms with van der Waals surface area (Å²) in [7, 11) is 0. The van der Waals surface area contributed by atoms with Gasteiger partial charge in [-0.15, -0.1) is 0 Å². The van der Waals surface area contributed by atoms with Crippen molar-refractivity contribution in [3.63, 3.8) is 0 Å². The monoisotopic (exact) mass is 710 g/mol. The topological polar surface area (TPSA) is 140 Å². The summed E-state index contributed by atoms with van der Waals surface area (Å²) in [5, 5.41) is 20.9. The molecule has 15 heteroatoms. The number of benzene rings is 3. The van der Waals surface area contributed by atoms with Crippen LogP contribution in [0.4, 0.5) is 14.5 Å². The first kappa shape index (κ1) is 35.6. The zero-order chi connectivity index (χ0) is 35.1. The molecule has 49 heavy (non-hydrogen) atoms. The molecule has 2 saturated heterocycles. The van der Waals surface area contributed by atoms with E-state index in [2.05, 4.69) is 10.2 Å². The Labute approximate surface area is 290 Å². The highest BCUT2D eigenvalue weighted by Crippen LogP contribution is 2.36. The lowest BCUT2D eigenvalue weighted by atomic mass is 10.0. The molecule has 5 rings (SSSR count). The third kappa shape index (κ3) is 9.06. The van der Waals surface area contributed by atoms with Crippen LogP contribution in [0.5, 0.6) is 5.75 Å². The second-order valence-electron chi connectivity index (χ2n) is 11.1. The summed E-state index contributed by atoms with van der Waals surface area (Å²) in [5.74, 6) is -3.92. The van der Waals surface area contributed by atoms with Crippen LogP contribution in [0.2, 0.25) is 0 Å². The highest BCUT2D eigenvalue weighted by molar-refractivity contribution is 8.26. The van der Waals surface area contributed by atoms with Gasteiger partial charge in [-0.1, -0.05) is 36.1 Å². The minimum Gasteiger partial charge on any atom is -0.483 e. The van der Waals surface area contributed by atoms with Crippen LogP contribution in [-0.4, -0.2) is 105 Å². The van der Waals surface area contributed by atoms with E-state index in [9.17, 15) is 28.0 Å². The Morgan fingerprint density at radius 1 is 0.939 bits per heavy atom. The van der Waals surface area contributed by atoms with E-state index in [1.165, 1.54) is 35.2 Å². The number of rotatable bonds is 12. The number of ether oxygens (including phenoxy) is 1. The summed E-state index contributed by atoms with van der Waals surface area (Å²) in [6, 6.07) is 14.0. The number of amides is 3. The number of aliphatic hydroxyl groups excluding tert-OH is 1. The van der Waals surface area contributed by atoms with E-state index in [0.717, 1.165) is 23.9 Å². The number of carbonyl (C=O) groups is 4. The molecule has 11 nitrogen and oxygen atoms in total. The maximum atomic E-state index is 14.1. The third-order valence-corrected chi connectivity index (χ3v) is 9.27. The normalized spacial score (nSPS) is 15.9. The number of carboxylic acid groups (broad SMARTS) is 1. The molecule has 3 aromatic carbocycles. The molecule has 256 valence electrons. The van der Waals surface area contributed by atoms with Crippen molar-refractivity contribution in [1.29, 1.82) is 0 Å². The second kappa shape index (κ2) is 16.1. The van der Waals surface area contributed by atoms with Crippen LogP contribution in [0.25, 0.3) is 17.2 Å². The molecule has 2 aliphatic rings. The number of nitrogens with zero attached hydrogens (tertiary/aromatic N) is 3. The zero-order valence-corrected chi connectivity index (χ0v) is 27.7. The predicted octanol–water partition coefficient (Wildman–Crippen LogP) is 4.08. The zero-order valence-electron chi connectivity index (χ0n) is 26.1. The number of aromatic carboxylic acids is 1. The first-order valence-corrected chi connectivity index (χ1v) is 16.5. The summed E-state index contributed by atoms with van der Waals surface area (Å²) in [6.07, 6.45) is 1.46. The Kier molecular flexibility index (Phi) is 11.7. The Hall–Kier alpha value is -4.70. The van der Waals surface area contributed by atoms with Gasteiger partial charge in [0.1, 0.15) is 10.1 Å². The average Bonchev–Trinajstić information content (AvgIpc) is 3.35. The molecule has 3 amide bonds. The van der Waals surface area contributed by atoms with Crippen molar-refractivity contribution in [3.8, 4) is 16.9 Å². The molecule has 2 heterocycles. The number of anilines is 1. The van der Waals surface area contributed by atoms with E-state index < -0.39 is 29.4 Å². The van der Waals surface area contributed by atoms with Crippen molar-refractivity contribution in [2.75, 3.05) is 57.8 Å². The molecule has 0 unspecified atom stereocenters. The minimum atomic E-state index is -1.09. The number of thiocarbonyl (C=S) groups is 1. The van der Waals surface area contributed by atoms with E-state index >= 15 is 0 Å². The van der Waals surface area contributed by atoms with Gasteiger partial charge in [-0.25, -0.2) is 13.6 Å². The number of halogens is 2. The highest BCUT2D eigenvalue weighted by Gasteiger charge is 2.32. The smallest absolute Gasteiger partial charge is 0.335 e. The van der Waals surface area contributed by atoms with Crippen molar-refractivity contribution in [3.05, 3.63) is 88.3 Å². The van der Waals surface area contributed by atoms with Gasteiger partial charge in [-0.3, -0.25) is 24.2 Å². The van der Waals surface area contributed by atoms with Crippen LogP contribution in [0.1, 0.15) is 22.3 Å². The van der Waals surface area contributed by atoms with Crippen LogP contribution in [0.15, 0.2) is 65.6 Å². The van der Waals surface area contributed by atoms with Crippen molar-refractivity contribution in [2.45, 2.75) is 6.42 Å². The van der Waals surface area contributed by atoms with Crippen LogP contribution >= 0.6 is 24.0 Å². The summed E-state index contributed by atoms with van der Waals surface area (Å²) >= 11 is 6.46. The average molecular weight is 711 g/mol. The van der Waals surface area contributed by atoms with E-state index in [1.54, 1.807) is 29.2 Å². The van der Waals surface area contributed by atoms with Gasteiger partial charge in [-0.2, -0.15) is 0 Å². The predicted molar refractivity (Wildman–Crippen MR) is 184 cm³/mol. The van der Waals surface area contributed by atoms with Gasteiger partial charge in [-0.05, 0) is 65.7 Å². The molecule has 0 aromatic heterocycles. The fraction of sp³-hybridized carbons (Fsp3) is 0.265. The molecule has 0 aliphatic carbocycles. The molecule has 2 fully saturated rings. The standard InChI is InChI=1S/C34H32F2N4O7S2/c35-26-7-3-23(18-27(26)36)22-4-8-28(47-20-31(43)39-13-11-38(12-14-39)15-16-41)24(17-22)19-29-32(44)40(34(48)49-29)10-9-30(42)37-25-5-1-21(2-6-25)33(45)46/h1-8,17-19,41H,9-16,20H2,(H,37,42)(H,45,46)/b29-19-. The van der Waals surface area contributed by atoms with E-state index in [1.807, 2.05) is 0 Å². The molecular formula is C34H32F2N4O7S2. The SMILES string of the molecule is O=C(CCN1C(=O)/C(=C/c2cc(-c3ccc(F)c(F)c3)ccc2OCC(=O)N2CCN(CCO)CC2)SC1=S)Nc1ccc(C(=O)O)cc1. The maximum absolute atomic E-state index is 14.1. The Balaban J connectivity index is 1.30. The Morgan fingerprint density at radius 2 is 1.63 bits per heavy atom. The molecule has 0 saturated carbocycles. The number of nitrogens with one attached hydrogen (secondary N) is 1. The van der Waals surface area contributed by atoms with Crippen LogP contribution in [0.3, 0.4) is 0 Å². The van der Waals surface area contributed by atoms with Gasteiger partial charge in [0.15, 0.2) is 18.2 Å². The number of aliphatic hydroxyl groups is 1. The molecule has 2 aliphatic heterocycles. The first-order valence-electron chi connectivity index (χ1n) is 15.2. The Bertz CT molecular complexity index is 1800. The van der Waals surface area contributed by atoms with Crippen molar-refractivity contribution < 1.29 is 42.9 Å². The number of thioether (sulfide) groups is 1. The summed E-state index contributed by atoms with van der Waals surface area (Å²) < 4.78 is 33.9. The molecule has 0 bridgehead atoms. The Morgan fingerprint density at radius 3 is 2.31 bits per heavy atom. The van der Waals surface area contributed by atoms with Gasteiger partial charge in [0.2, 0.25) is 5.91 Å². The first-order chi connectivity index (χ1) is 23.5. The number of carbonyl (C=O) groups excluding carboxylic acids is 3.